The Balaban J connectivity index is 0.00000245. The molecule has 32 heavy (non-hydrogen) atoms. The van der Waals surface area contributed by atoms with E-state index in [4.69, 9.17) is 16.0 Å². The topological polar surface area (TPSA) is 66.9 Å². The van der Waals surface area contributed by atoms with Crippen LogP contribution in [0.4, 0.5) is 0 Å². The van der Waals surface area contributed by atoms with Crippen molar-refractivity contribution in [2.45, 2.75) is 51.2 Å². The molecule has 1 aliphatic carbocycles. The van der Waals surface area contributed by atoms with E-state index in [-0.39, 0.29) is 23.8 Å². The standard InChI is InChI=1S/C25H27ClN2O3.ClH/c26-22-13-20-18-7-4-8-19(18)25(30)31-24(20)21(23(22)29)14-27-17-9-11-28(12-10-17)15-16-5-2-1-3-6-16;/h1-3,5-6,13,17,27,29H,4,7-12,14-15H2;1H. The van der Waals surface area contributed by atoms with Crippen LogP contribution in [0.2, 0.25) is 5.02 Å². The first-order valence-corrected chi connectivity index (χ1v) is 11.6. The molecule has 1 saturated heterocycles. The van der Waals surface area contributed by atoms with Crippen molar-refractivity contribution in [1.82, 2.24) is 5.32 Å². The summed E-state index contributed by atoms with van der Waals surface area (Å²) in [5.74, 6) is 0.00917. The lowest BCUT2D eigenvalue weighted by Gasteiger charge is -2.30. The normalized spacial score (nSPS) is 20.2. The number of fused-ring (bicyclic) bond motifs is 3. The van der Waals surface area contributed by atoms with Gasteiger partial charge in [0.05, 0.1) is 23.7 Å². The summed E-state index contributed by atoms with van der Waals surface area (Å²) < 4.78 is 5.68. The molecule has 170 valence electrons. The number of halogens is 2. The summed E-state index contributed by atoms with van der Waals surface area (Å²) in [6.45, 7) is 3.71. The summed E-state index contributed by atoms with van der Waals surface area (Å²) in [5.41, 5.74) is 3.97. The Bertz CT molecular complexity index is 1160. The highest BCUT2D eigenvalue weighted by Crippen LogP contribution is 2.38. The van der Waals surface area contributed by atoms with Crippen molar-refractivity contribution in [3.05, 3.63) is 74.1 Å². The van der Waals surface area contributed by atoms with Crippen molar-refractivity contribution in [1.29, 1.82) is 0 Å². The third kappa shape index (κ3) is 4.53. The highest BCUT2D eigenvalue weighted by molar-refractivity contribution is 6.33. The Morgan fingerprint density at radius 2 is 1.84 bits per heavy atom. The van der Waals surface area contributed by atoms with Crippen LogP contribution in [0.25, 0.3) is 11.0 Å². The molecule has 5 nitrogen and oxygen atoms in total. The van der Waals surface area contributed by atoms with Crippen molar-refractivity contribution in [3.8, 4) is 5.75 Å². The van der Waals surface area contributed by atoms with Gasteiger partial charge in [0.15, 0.2) is 0 Å². The van der Waals surface area contributed by atoms with Crippen LogP contribution in [0, 0.1) is 0 Å². The molecule has 3 aromatic rings. The summed E-state index contributed by atoms with van der Waals surface area (Å²) in [7, 11) is 0. The summed E-state index contributed by atoms with van der Waals surface area (Å²) >= 11 is 6.35. The van der Waals surface area contributed by atoms with Crippen LogP contribution in [-0.2, 0) is 25.9 Å². The third-order valence-corrected chi connectivity index (χ3v) is 7.13. The van der Waals surface area contributed by atoms with Gasteiger partial charge in [0, 0.05) is 41.9 Å². The number of nitrogens with one attached hydrogen (secondary N) is 2. The molecular formula is C25H28Cl2N2O3. The molecule has 3 N–H and O–H groups in total. The van der Waals surface area contributed by atoms with Gasteiger partial charge < -0.3 is 32.1 Å². The summed E-state index contributed by atoms with van der Waals surface area (Å²) in [6, 6.07) is 12.7. The molecular weight excluding hydrogens is 447 g/mol. The first-order valence-electron chi connectivity index (χ1n) is 11.2. The van der Waals surface area contributed by atoms with E-state index >= 15 is 0 Å². The molecule has 5 rings (SSSR count). The van der Waals surface area contributed by atoms with E-state index in [0.29, 0.717) is 28.8 Å². The first-order chi connectivity index (χ1) is 15.1. The first kappa shape index (κ1) is 23.1. The molecule has 1 aliphatic heterocycles. The Morgan fingerprint density at radius 3 is 2.59 bits per heavy atom. The number of phenols is 1. The zero-order valence-corrected chi connectivity index (χ0v) is 19.4. The fraction of sp³-hybridized carbons (Fsp3) is 0.400. The number of aromatic hydroxyl groups is 1. The molecule has 1 aromatic heterocycles. The molecule has 0 unspecified atom stereocenters. The number of quaternary nitrogens is 1. The maximum atomic E-state index is 12.5. The van der Waals surface area contributed by atoms with Gasteiger partial charge in [0.1, 0.15) is 17.9 Å². The second-order valence-corrected chi connectivity index (χ2v) is 9.24. The van der Waals surface area contributed by atoms with Crippen LogP contribution in [0.5, 0.6) is 5.75 Å². The summed E-state index contributed by atoms with van der Waals surface area (Å²) in [5, 5.41) is 15.4. The van der Waals surface area contributed by atoms with Crippen molar-refractivity contribution in [2.75, 3.05) is 13.1 Å². The Hall–Kier alpha value is -2.05. The number of aryl methyl sites for hydroxylation is 1. The minimum absolute atomic E-state index is 0. The minimum Gasteiger partial charge on any atom is -1.00 e. The highest BCUT2D eigenvalue weighted by atomic mass is 35.5. The van der Waals surface area contributed by atoms with Crippen LogP contribution >= 0.6 is 11.6 Å². The van der Waals surface area contributed by atoms with Gasteiger partial charge in [-0.15, -0.1) is 0 Å². The van der Waals surface area contributed by atoms with E-state index in [1.165, 1.54) is 5.56 Å². The molecule has 2 aliphatic rings. The predicted octanol–water partition coefficient (Wildman–Crippen LogP) is -0.0182. The fourth-order valence-electron chi connectivity index (χ4n) is 5.14. The monoisotopic (exact) mass is 474 g/mol. The molecule has 1 fully saturated rings. The molecule has 0 atom stereocenters. The second-order valence-electron chi connectivity index (χ2n) is 8.83. The van der Waals surface area contributed by atoms with Crippen LogP contribution in [0.1, 0.15) is 41.5 Å². The zero-order chi connectivity index (χ0) is 21.4. The van der Waals surface area contributed by atoms with E-state index < -0.39 is 0 Å². The van der Waals surface area contributed by atoms with Gasteiger partial charge in [0.2, 0.25) is 0 Å². The molecule has 0 spiro atoms. The largest absolute Gasteiger partial charge is 1.00 e. The van der Waals surface area contributed by atoms with E-state index in [9.17, 15) is 9.90 Å². The average molecular weight is 475 g/mol. The fourth-order valence-corrected chi connectivity index (χ4v) is 5.36. The van der Waals surface area contributed by atoms with Crippen LogP contribution in [0.3, 0.4) is 0 Å². The van der Waals surface area contributed by atoms with Gasteiger partial charge in [-0.05, 0) is 30.9 Å². The third-order valence-electron chi connectivity index (χ3n) is 6.84. The van der Waals surface area contributed by atoms with Crippen LogP contribution < -0.4 is 28.2 Å². The number of rotatable bonds is 5. The lowest BCUT2D eigenvalue weighted by Crippen LogP contribution is -3.12. The quantitative estimate of drug-likeness (QED) is 0.454. The lowest BCUT2D eigenvalue weighted by atomic mass is 10.0. The number of likely N-dealkylation sites (tertiary alicyclic amines) is 1. The summed E-state index contributed by atoms with van der Waals surface area (Å²) in [6.07, 6.45) is 4.70. The number of piperidine rings is 1. The minimum atomic E-state index is -0.277. The van der Waals surface area contributed by atoms with Gasteiger partial charge >= 0.3 is 5.63 Å². The van der Waals surface area contributed by atoms with Crippen molar-refractivity contribution in [3.63, 3.8) is 0 Å². The van der Waals surface area contributed by atoms with E-state index in [1.807, 2.05) is 0 Å². The Morgan fingerprint density at radius 1 is 1.12 bits per heavy atom. The second kappa shape index (κ2) is 9.84. The average Bonchev–Trinajstić information content (AvgIpc) is 3.28. The maximum absolute atomic E-state index is 12.5. The van der Waals surface area contributed by atoms with Gasteiger partial charge in [-0.2, -0.15) is 0 Å². The Labute approximate surface area is 198 Å². The van der Waals surface area contributed by atoms with E-state index in [1.54, 1.807) is 11.0 Å². The number of hydrogen-bond donors (Lipinski definition) is 3. The molecule has 2 aromatic carbocycles. The van der Waals surface area contributed by atoms with Crippen molar-refractivity contribution in [2.24, 2.45) is 0 Å². The van der Waals surface area contributed by atoms with Crippen LogP contribution in [0.15, 0.2) is 45.6 Å². The SMILES string of the molecule is O=c1oc2c(CNC3CC[NH+](Cc4ccccc4)CC3)c(O)c(Cl)cc2c2c1CCC2.[Cl-]. The van der Waals surface area contributed by atoms with Gasteiger partial charge in [-0.25, -0.2) is 4.79 Å². The Kier molecular flexibility index (Phi) is 7.11. The zero-order valence-electron chi connectivity index (χ0n) is 17.9. The van der Waals surface area contributed by atoms with Gasteiger partial charge in [0.25, 0.3) is 0 Å². The number of hydrogen-bond acceptors (Lipinski definition) is 4. The molecule has 0 bridgehead atoms. The maximum Gasteiger partial charge on any atom is 0.339 e. The molecule has 0 amide bonds. The smallest absolute Gasteiger partial charge is 0.339 e. The highest BCUT2D eigenvalue weighted by Gasteiger charge is 2.26. The number of phenolic OH excluding ortho intramolecular Hbond substituents is 1. The molecule has 0 radical (unpaired) electrons. The lowest BCUT2D eigenvalue weighted by molar-refractivity contribution is -0.918. The molecule has 0 saturated carbocycles. The van der Waals surface area contributed by atoms with Crippen molar-refractivity contribution >= 4 is 22.6 Å². The van der Waals surface area contributed by atoms with Crippen molar-refractivity contribution < 1.29 is 26.8 Å². The molecule has 2 heterocycles. The number of benzene rings is 2. The summed E-state index contributed by atoms with van der Waals surface area (Å²) in [4.78, 5) is 14.1. The van der Waals surface area contributed by atoms with Gasteiger partial charge in [-0.1, -0.05) is 41.9 Å². The van der Waals surface area contributed by atoms with Gasteiger partial charge in [-0.3, -0.25) is 0 Å². The van der Waals surface area contributed by atoms with E-state index in [2.05, 4.69) is 35.6 Å². The molecule has 7 heteroatoms. The predicted molar refractivity (Wildman–Crippen MR) is 122 cm³/mol. The van der Waals surface area contributed by atoms with Crippen LogP contribution in [-0.4, -0.2) is 24.2 Å². The van der Waals surface area contributed by atoms with E-state index in [0.717, 1.165) is 68.3 Å².